The third-order valence-electron chi connectivity index (χ3n) is 4.20. The molecule has 0 fully saturated rings. The number of aromatic nitrogens is 1. The Morgan fingerprint density at radius 3 is 1.97 bits per heavy atom. The molecule has 184 valence electrons. The van der Waals surface area contributed by atoms with E-state index in [1.165, 1.54) is 5.32 Å². The number of esters is 1. The second-order valence-electron chi connectivity index (χ2n) is 6.45. The number of nitrogens with zero attached hydrogens (tertiary/aromatic N) is 1. The number of benzene rings is 1. The van der Waals surface area contributed by atoms with E-state index in [2.05, 4.69) is 9.72 Å². The lowest BCUT2D eigenvalue weighted by atomic mass is 9.92. The van der Waals surface area contributed by atoms with Crippen molar-refractivity contribution in [2.75, 3.05) is 12.4 Å². The van der Waals surface area contributed by atoms with Crippen LogP contribution in [0.4, 0.5) is 44.6 Å². The summed E-state index contributed by atoms with van der Waals surface area (Å²) in [5.41, 5.74) is -11.2. The Labute approximate surface area is 181 Å². The van der Waals surface area contributed by atoms with Crippen molar-refractivity contribution in [3.8, 4) is 0 Å². The molecule has 1 aromatic carbocycles. The van der Waals surface area contributed by atoms with E-state index < -0.39 is 57.1 Å². The average molecular weight is 513 g/mol. The second kappa shape index (κ2) is 8.19. The average Bonchev–Trinajstić information content (AvgIpc) is 3.04. The van der Waals surface area contributed by atoms with Gasteiger partial charge in [-0.25, -0.2) is 9.78 Å². The van der Waals surface area contributed by atoms with Crippen molar-refractivity contribution in [1.82, 2.24) is 10.3 Å². The monoisotopic (exact) mass is 513 g/mol. The topological polar surface area (TPSA) is 101 Å². The van der Waals surface area contributed by atoms with E-state index in [-0.39, 0.29) is 29.0 Å². The van der Waals surface area contributed by atoms with E-state index in [0.717, 1.165) is 0 Å². The molecule has 1 aromatic heterocycles. The van der Waals surface area contributed by atoms with Crippen LogP contribution in [0.3, 0.4) is 0 Å². The summed E-state index contributed by atoms with van der Waals surface area (Å²) in [6, 6.07) is 1.09. The standard InChI is InChI=1S/C16H12F9N3O4S/c1-6(29)27-13(10(30)32-2,16(23,24)25)28-11-26-8-4-3-7(5-9(8)33-11)12(31,14(17,18)19)15(20,21)22/h3-5,31H,1-2H3,(H,26,28)(H,27,29)/t13-/m0/s1. The summed E-state index contributed by atoms with van der Waals surface area (Å²) in [6.07, 6.45) is -17.9. The fraction of sp³-hybridized carbons (Fsp3) is 0.438. The van der Waals surface area contributed by atoms with Crippen LogP contribution in [0.25, 0.3) is 10.2 Å². The van der Waals surface area contributed by atoms with Gasteiger partial charge in [-0.15, -0.1) is 0 Å². The van der Waals surface area contributed by atoms with Gasteiger partial charge in [0.15, 0.2) is 5.13 Å². The molecule has 2 aromatic rings. The number of amides is 1. The lowest BCUT2D eigenvalue weighted by molar-refractivity contribution is -0.376. The number of hydrogen-bond donors (Lipinski definition) is 3. The molecule has 0 saturated heterocycles. The summed E-state index contributed by atoms with van der Waals surface area (Å²) in [5, 5.41) is 11.6. The third-order valence-corrected chi connectivity index (χ3v) is 5.14. The molecule has 3 N–H and O–H groups in total. The van der Waals surface area contributed by atoms with Crippen molar-refractivity contribution in [3.63, 3.8) is 0 Å². The first-order valence-electron chi connectivity index (χ1n) is 8.29. The minimum Gasteiger partial charge on any atom is -0.466 e. The summed E-state index contributed by atoms with van der Waals surface area (Å²) in [5.74, 6) is -3.37. The lowest BCUT2D eigenvalue weighted by Gasteiger charge is -2.33. The summed E-state index contributed by atoms with van der Waals surface area (Å²) >= 11 is 0.120. The van der Waals surface area contributed by atoms with Gasteiger partial charge < -0.3 is 20.5 Å². The Bertz CT molecular complexity index is 1050. The van der Waals surface area contributed by atoms with Crippen LogP contribution in [0, 0.1) is 0 Å². The Morgan fingerprint density at radius 2 is 1.55 bits per heavy atom. The van der Waals surface area contributed by atoms with Gasteiger partial charge >= 0.3 is 30.2 Å². The number of ether oxygens (including phenoxy) is 1. The van der Waals surface area contributed by atoms with Gasteiger partial charge in [-0.2, -0.15) is 39.5 Å². The molecule has 0 aliphatic rings. The smallest absolute Gasteiger partial charge is 0.442 e. The van der Waals surface area contributed by atoms with Crippen LogP contribution < -0.4 is 10.6 Å². The molecular weight excluding hydrogens is 501 g/mol. The predicted octanol–water partition coefficient (Wildman–Crippen LogP) is 3.59. The van der Waals surface area contributed by atoms with Crippen molar-refractivity contribution in [2.45, 2.75) is 36.7 Å². The molecule has 7 nitrogen and oxygen atoms in total. The Balaban J connectivity index is 2.64. The van der Waals surface area contributed by atoms with Gasteiger partial charge in [-0.05, 0) is 12.1 Å². The van der Waals surface area contributed by atoms with E-state index in [1.54, 1.807) is 5.32 Å². The number of anilines is 1. The van der Waals surface area contributed by atoms with Crippen molar-refractivity contribution < 1.29 is 58.9 Å². The molecular formula is C16H12F9N3O4S. The van der Waals surface area contributed by atoms with Gasteiger partial charge in [0.1, 0.15) is 0 Å². The number of alkyl halides is 9. The van der Waals surface area contributed by atoms with Crippen LogP contribution >= 0.6 is 11.3 Å². The van der Waals surface area contributed by atoms with Crippen LogP contribution in [0.1, 0.15) is 12.5 Å². The predicted molar refractivity (Wildman–Crippen MR) is 93.9 cm³/mol. The SMILES string of the molecule is COC(=O)[C@](NC(C)=O)(Nc1nc2ccc(C(O)(C(F)(F)F)C(F)(F)F)cc2s1)C(F)(F)F. The summed E-state index contributed by atoms with van der Waals surface area (Å²) in [6.45, 7) is 0.644. The maximum absolute atomic E-state index is 13.7. The van der Waals surface area contributed by atoms with Crippen LogP contribution in [0.15, 0.2) is 18.2 Å². The first-order valence-corrected chi connectivity index (χ1v) is 9.11. The van der Waals surface area contributed by atoms with Crippen LogP contribution in [0.5, 0.6) is 0 Å². The van der Waals surface area contributed by atoms with Gasteiger partial charge in [0.2, 0.25) is 5.91 Å². The molecule has 1 amide bonds. The number of halogens is 9. The van der Waals surface area contributed by atoms with E-state index in [9.17, 15) is 54.2 Å². The number of hydrogen-bond acceptors (Lipinski definition) is 7. The highest BCUT2D eigenvalue weighted by Crippen LogP contribution is 2.50. The number of fused-ring (bicyclic) bond motifs is 1. The van der Waals surface area contributed by atoms with Gasteiger partial charge in [-0.3, -0.25) is 4.79 Å². The molecule has 0 unspecified atom stereocenters. The number of rotatable bonds is 5. The first-order chi connectivity index (χ1) is 14.8. The zero-order valence-corrected chi connectivity index (χ0v) is 17.0. The minimum atomic E-state index is -6.19. The van der Waals surface area contributed by atoms with Gasteiger partial charge in [0, 0.05) is 12.5 Å². The molecule has 33 heavy (non-hydrogen) atoms. The summed E-state index contributed by atoms with van der Waals surface area (Å²) in [4.78, 5) is 26.8. The number of thiazole rings is 1. The highest BCUT2D eigenvalue weighted by Gasteiger charge is 2.71. The van der Waals surface area contributed by atoms with Crippen molar-refractivity contribution in [2.24, 2.45) is 0 Å². The molecule has 17 heteroatoms. The molecule has 0 radical (unpaired) electrons. The Morgan fingerprint density at radius 1 is 1.00 bits per heavy atom. The Hall–Kier alpha value is -2.82. The van der Waals surface area contributed by atoms with Gasteiger partial charge in [0.25, 0.3) is 5.60 Å². The molecule has 1 atom stereocenters. The van der Waals surface area contributed by atoms with E-state index >= 15 is 0 Å². The Kier molecular flexibility index (Phi) is 6.56. The normalized spacial score (nSPS) is 15.2. The zero-order valence-electron chi connectivity index (χ0n) is 16.2. The fourth-order valence-corrected chi connectivity index (χ4v) is 3.62. The van der Waals surface area contributed by atoms with Crippen LogP contribution in [0.2, 0.25) is 0 Å². The lowest BCUT2D eigenvalue weighted by Crippen LogP contribution is -2.69. The fourth-order valence-electron chi connectivity index (χ4n) is 2.66. The van der Waals surface area contributed by atoms with Crippen molar-refractivity contribution >= 4 is 38.6 Å². The van der Waals surface area contributed by atoms with E-state index in [1.807, 2.05) is 0 Å². The van der Waals surface area contributed by atoms with Crippen molar-refractivity contribution in [1.29, 1.82) is 0 Å². The molecule has 0 saturated carbocycles. The maximum atomic E-state index is 13.7. The molecule has 1 heterocycles. The second-order valence-corrected chi connectivity index (χ2v) is 7.48. The van der Waals surface area contributed by atoms with Gasteiger partial charge in [-0.1, -0.05) is 17.4 Å². The van der Waals surface area contributed by atoms with Crippen LogP contribution in [-0.2, 0) is 19.9 Å². The van der Waals surface area contributed by atoms with E-state index in [4.69, 9.17) is 0 Å². The summed E-state index contributed by atoms with van der Waals surface area (Å²) in [7, 11) is 0.575. The molecule has 2 rings (SSSR count). The van der Waals surface area contributed by atoms with Crippen molar-refractivity contribution in [3.05, 3.63) is 23.8 Å². The van der Waals surface area contributed by atoms with Gasteiger partial charge in [0.05, 0.1) is 17.3 Å². The number of methoxy groups -OCH3 is 1. The minimum absolute atomic E-state index is 0.120. The van der Waals surface area contributed by atoms with E-state index in [0.29, 0.717) is 20.1 Å². The maximum Gasteiger partial charge on any atom is 0.442 e. The van der Waals surface area contributed by atoms with Crippen LogP contribution in [-0.4, -0.2) is 53.3 Å². The number of aliphatic hydroxyl groups is 1. The highest BCUT2D eigenvalue weighted by atomic mass is 32.1. The molecule has 0 aliphatic carbocycles. The summed E-state index contributed by atoms with van der Waals surface area (Å²) < 4.78 is 123. The highest BCUT2D eigenvalue weighted by molar-refractivity contribution is 7.22. The third kappa shape index (κ3) is 4.50. The largest absolute Gasteiger partial charge is 0.466 e. The molecule has 0 aliphatic heterocycles. The first kappa shape index (κ1) is 26.4. The molecule has 0 bridgehead atoms. The number of carbonyl (C=O) groups is 2. The molecule has 0 spiro atoms. The zero-order chi connectivity index (χ0) is 25.6. The quantitative estimate of drug-likeness (QED) is 0.321. The number of nitrogens with one attached hydrogen (secondary N) is 2. The number of carbonyl (C=O) groups excluding carboxylic acids is 2.